The molecule has 1 aliphatic carbocycles. The Balaban J connectivity index is 1.88. The molecule has 0 saturated heterocycles. The maximum atomic E-state index is 13.4. The van der Waals surface area contributed by atoms with Crippen molar-refractivity contribution < 1.29 is 8.78 Å². The average molecular weight is 312 g/mol. The van der Waals surface area contributed by atoms with Crippen molar-refractivity contribution in [3.8, 4) is 0 Å². The fraction of sp³-hybridized carbons (Fsp3) is 0.0625. The Morgan fingerprint density at radius 2 is 2.04 bits per heavy atom. The number of rotatable bonds is 3. The number of hydrogen-bond donors (Lipinski definition) is 1. The third-order valence-electron chi connectivity index (χ3n) is 3.72. The SMILES string of the molecule is O=c1c(Cc2ccc(F)c(F)c2)c(C2=CC=C2)nc2nc[nH]n12. The number of fused-ring (bicyclic) bond motifs is 1. The van der Waals surface area contributed by atoms with Crippen LogP contribution in [0.15, 0.2) is 47.5 Å². The molecule has 0 fully saturated rings. The summed E-state index contributed by atoms with van der Waals surface area (Å²) < 4.78 is 27.7. The number of allylic oxidation sites excluding steroid dienone is 4. The fourth-order valence-electron chi connectivity index (χ4n) is 2.49. The van der Waals surface area contributed by atoms with Gasteiger partial charge in [0.25, 0.3) is 11.3 Å². The number of hydrogen-bond acceptors (Lipinski definition) is 3. The van der Waals surface area contributed by atoms with Crippen molar-refractivity contribution in [2.45, 2.75) is 6.42 Å². The topological polar surface area (TPSA) is 63.0 Å². The van der Waals surface area contributed by atoms with Crippen molar-refractivity contribution in [3.63, 3.8) is 0 Å². The highest BCUT2D eigenvalue weighted by molar-refractivity contribution is 5.81. The van der Waals surface area contributed by atoms with Crippen molar-refractivity contribution in [2.24, 2.45) is 0 Å². The van der Waals surface area contributed by atoms with E-state index < -0.39 is 11.6 Å². The van der Waals surface area contributed by atoms with Crippen LogP contribution in [-0.4, -0.2) is 19.6 Å². The van der Waals surface area contributed by atoms with Gasteiger partial charge in [0, 0.05) is 12.0 Å². The normalized spacial score (nSPS) is 13.2. The summed E-state index contributed by atoms with van der Waals surface area (Å²) in [4.78, 5) is 21.0. The highest BCUT2D eigenvalue weighted by atomic mass is 19.2. The van der Waals surface area contributed by atoms with E-state index in [9.17, 15) is 13.6 Å². The molecule has 0 bridgehead atoms. The Bertz CT molecular complexity index is 1050. The van der Waals surface area contributed by atoms with E-state index >= 15 is 0 Å². The Morgan fingerprint density at radius 1 is 1.22 bits per heavy atom. The maximum absolute atomic E-state index is 13.4. The van der Waals surface area contributed by atoms with E-state index in [1.54, 1.807) is 0 Å². The number of halogens is 2. The van der Waals surface area contributed by atoms with Crippen molar-refractivity contribution in [2.75, 3.05) is 0 Å². The molecule has 3 aromatic rings. The molecule has 4 rings (SSSR count). The van der Waals surface area contributed by atoms with E-state index in [2.05, 4.69) is 15.1 Å². The van der Waals surface area contributed by atoms with Crippen LogP contribution in [-0.2, 0) is 6.42 Å². The minimum Gasteiger partial charge on any atom is -0.278 e. The molecule has 0 atom stereocenters. The lowest BCUT2D eigenvalue weighted by Crippen LogP contribution is -2.23. The fourth-order valence-corrected chi connectivity index (χ4v) is 2.49. The second-order valence-electron chi connectivity index (χ2n) is 5.17. The molecule has 2 aromatic heterocycles. The lowest BCUT2D eigenvalue weighted by Gasteiger charge is -2.12. The Morgan fingerprint density at radius 3 is 2.74 bits per heavy atom. The van der Waals surface area contributed by atoms with E-state index in [-0.39, 0.29) is 17.8 Å². The number of nitrogens with zero attached hydrogens (tertiary/aromatic N) is 3. The quantitative estimate of drug-likeness (QED) is 0.807. The molecule has 7 heteroatoms. The van der Waals surface area contributed by atoms with Crippen LogP contribution in [0.25, 0.3) is 11.4 Å². The molecule has 0 aliphatic heterocycles. The zero-order valence-electron chi connectivity index (χ0n) is 11.8. The van der Waals surface area contributed by atoms with Gasteiger partial charge in [0.1, 0.15) is 6.33 Å². The summed E-state index contributed by atoms with van der Waals surface area (Å²) in [5, 5.41) is 2.70. The van der Waals surface area contributed by atoms with Gasteiger partial charge in [-0.05, 0) is 17.7 Å². The van der Waals surface area contributed by atoms with Gasteiger partial charge in [-0.25, -0.2) is 18.7 Å². The minimum absolute atomic E-state index is 0.144. The monoisotopic (exact) mass is 312 g/mol. The van der Waals surface area contributed by atoms with Gasteiger partial charge in [0.2, 0.25) is 0 Å². The molecule has 114 valence electrons. The number of H-pyrrole nitrogens is 1. The summed E-state index contributed by atoms with van der Waals surface area (Å²) in [5.74, 6) is -1.60. The van der Waals surface area contributed by atoms with Gasteiger partial charge < -0.3 is 0 Å². The predicted molar refractivity (Wildman–Crippen MR) is 79.9 cm³/mol. The van der Waals surface area contributed by atoms with E-state index in [0.29, 0.717) is 16.8 Å². The minimum atomic E-state index is -0.942. The molecule has 1 N–H and O–H groups in total. The first-order chi connectivity index (χ1) is 11.1. The van der Waals surface area contributed by atoms with Gasteiger partial charge in [-0.2, -0.15) is 4.52 Å². The lowest BCUT2D eigenvalue weighted by atomic mass is 9.97. The molecule has 0 radical (unpaired) electrons. The Labute approximate surface area is 128 Å². The molecule has 1 aliphatic rings. The molecule has 5 nitrogen and oxygen atoms in total. The van der Waals surface area contributed by atoms with E-state index in [1.807, 2.05) is 18.2 Å². The van der Waals surface area contributed by atoms with Crippen molar-refractivity contribution in [1.82, 2.24) is 19.6 Å². The van der Waals surface area contributed by atoms with Crippen LogP contribution in [0.5, 0.6) is 0 Å². The van der Waals surface area contributed by atoms with Gasteiger partial charge in [0.05, 0.1) is 11.3 Å². The summed E-state index contributed by atoms with van der Waals surface area (Å²) >= 11 is 0. The van der Waals surface area contributed by atoms with Gasteiger partial charge in [-0.1, -0.05) is 24.3 Å². The summed E-state index contributed by atoms with van der Waals surface area (Å²) in [6.07, 6.45) is 7.02. The Kier molecular flexibility index (Phi) is 2.94. The maximum Gasteiger partial charge on any atom is 0.278 e. The van der Waals surface area contributed by atoms with Crippen molar-refractivity contribution in [1.29, 1.82) is 0 Å². The Hall–Kier alpha value is -3.09. The van der Waals surface area contributed by atoms with E-state index in [4.69, 9.17) is 0 Å². The number of benzene rings is 1. The molecule has 2 heterocycles. The zero-order valence-corrected chi connectivity index (χ0v) is 11.8. The number of aromatic nitrogens is 4. The second kappa shape index (κ2) is 4.98. The molecule has 23 heavy (non-hydrogen) atoms. The smallest absolute Gasteiger partial charge is 0.278 e. The van der Waals surface area contributed by atoms with Gasteiger partial charge in [0.15, 0.2) is 11.6 Å². The van der Waals surface area contributed by atoms with E-state index in [0.717, 1.165) is 17.7 Å². The van der Waals surface area contributed by atoms with Crippen LogP contribution in [0.3, 0.4) is 0 Å². The molecule has 0 saturated carbocycles. The van der Waals surface area contributed by atoms with Crippen molar-refractivity contribution in [3.05, 3.63) is 81.6 Å². The van der Waals surface area contributed by atoms with Crippen LogP contribution in [0.2, 0.25) is 0 Å². The van der Waals surface area contributed by atoms with Crippen LogP contribution >= 0.6 is 0 Å². The summed E-state index contributed by atoms with van der Waals surface area (Å²) in [6, 6.07) is 3.59. The highest BCUT2D eigenvalue weighted by Crippen LogP contribution is 2.24. The lowest BCUT2D eigenvalue weighted by molar-refractivity contribution is 0.507. The number of nitrogens with one attached hydrogen (secondary N) is 1. The zero-order chi connectivity index (χ0) is 16.0. The predicted octanol–water partition coefficient (Wildman–Crippen LogP) is 2.24. The van der Waals surface area contributed by atoms with Crippen LogP contribution < -0.4 is 5.56 Å². The summed E-state index contributed by atoms with van der Waals surface area (Å²) in [7, 11) is 0. The molecular weight excluding hydrogens is 302 g/mol. The summed E-state index contributed by atoms with van der Waals surface area (Å²) in [5.41, 5.74) is 1.90. The summed E-state index contributed by atoms with van der Waals surface area (Å²) in [6.45, 7) is 0. The largest absolute Gasteiger partial charge is 0.278 e. The third kappa shape index (κ3) is 2.17. The average Bonchev–Trinajstić information content (AvgIpc) is 2.93. The first-order valence-corrected chi connectivity index (χ1v) is 6.91. The van der Waals surface area contributed by atoms with Gasteiger partial charge in [-0.15, -0.1) is 0 Å². The van der Waals surface area contributed by atoms with Crippen LogP contribution in [0.4, 0.5) is 8.78 Å². The molecule has 0 unspecified atom stereocenters. The molecular formula is C16H10F2N4O. The van der Waals surface area contributed by atoms with Crippen LogP contribution in [0, 0.1) is 11.6 Å². The number of aromatic amines is 1. The highest BCUT2D eigenvalue weighted by Gasteiger charge is 2.18. The molecule has 0 amide bonds. The first-order valence-electron chi connectivity index (χ1n) is 6.91. The molecule has 1 aromatic carbocycles. The third-order valence-corrected chi connectivity index (χ3v) is 3.72. The van der Waals surface area contributed by atoms with E-state index in [1.165, 1.54) is 16.9 Å². The standard InChI is InChI=1S/C16H10F2N4O/c17-12-5-4-9(7-13(12)18)6-11-14(10-2-1-3-10)21-16-19-8-20-22(16)15(11)23/h1-5,7-8H,6H2,(H,19,20,21). The molecule has 0 spiro atoms. The van der Waals surface area contributed by atoms with Gasteiger partial charge in [-0.3, -0.25) is 9.89 Å². The second-order valence-corrected chi connectivity index (χ2v) is 5.17. The van der Waals surface area contributed by atoms with Crippen LogP contribution in [0.1, 0.15) is 16.8 Å². The van der Waals surface area contributed by atoms with Gasteiger partial charge >= 0.3 is 0 Å². The van der Waals surface area contributed by atoms with Crippen molar-refractivity contribution >= 4 is 11.4 Å². The first kappa shape index (κ1) is 13.6.